The lowest BCUT2D eigenvalue weighted by atomic mass is 10.1. The Labute approximate surface area is 153 Å². The molecule has 1 amide bonds. The molecule has 1 aromatic carbocycles. The van der Waals surface area contributed by atoms with Crippen LogP contribution in [0.2, 0.25) is 0 Å². The molecule has 142 valence electrons. The van der Waals surface area contributed by atoms with Crippen molar-refractivity contribution in [3.8, 4) is 5.75 Å². The Morgan fingerprint density at radius 2 is 1.96 bits per heavy atom. The first kappa shape index (κ1) is 19.9. The van der Waals surface area contributed by atoms with E-state index in [1.165, 1.54) is 6.92 Å². The molecule has 0 aliphatic heterocycles. The summed E-state index contributed by atoms with van der Waals surface area (Å²) in [4.78, 5) is 11.9. The van der Waals surface area contributed by atoms with Gasteiger partial charge in [-0.3, -0.25) is 4.79 Å². The Morgan fingerprint density at radius 3 is 2.62 bits per heavy atom. The number of carbonyl (C=O) groups is 1. The average molecular weight is 381 g/mol. The monoisotopic (exact) mass is 381 g/mol. The second kappa shape index (κ2) is 8.81. The number of rotatable bonds is 9. The van der Waals surface area contributed by atoms with Gasteiger partial charge in [0.1, 0.15) is 16.3 Å². The molecule has 26 heavy (non-hydrogen) atoms. The van der Waals surface area contributed by atoms with Crippen molar-refractivity contribution in [2.24, 2.45) is 0 Å². The topological polar surface area (TPSA) is 111 Å². The minimum atomic E-state index is -3.75. The minimum absolute atomic E-state index is 0.00706. The zero-order valence-electron chi connectivity index (χ0n) is 15.0. The zero-order valence-corrected chi connectivity index (χ0v) is 15.9. The van der Waals surface area contributed by atoms with E-state index in [1.807, 2.05) is 24.3 Å². The van der Waals surface area contributed by atoms with Crippen molar-refractivity contribution < 1.29 is 22.5 Å². The lowest BCUT2D eigenvalue weighted by Crippen LogP contribution is -2.32. The van der Waals surface area contributed by atoms with Crippen molar-refractivity contribution in [3.63, 3.8) is 0 Å². The van der Waals surface area contributed by atoms with Crippen LogP contribution in [0.3, 0.4) is 0 Å². The second-order valence-corrected chi connectivity index (χ2v) is 7.42. The summed E-state index contributed by atoms with van der Waals surface area (Å²) in [6.07, 6.45) is 0.662. The molecule has 0 bridgehead atoms. The van der Waals surface area contributed by atoms with Crippen LogP contribution in [0, 0.1) is 13.8 Å². The Kier molecular flexibility index (Phi) is 6.76. The van der Waals surface area contributed by atoms with E-state index in [4.69, 9.17) is 9.26 Å². The largest absolute Gasteiger partial charge is 0.496 e. The van der Waals surface area contributed by atoms with Crippen LogP contribution < -0.4 is 14.8 Å². The molecule has 0 aliphatic rings. The maximum atomic E-state index is 12.2. The van der Waals surface area contributed by atoms with Gasteiger partial charge in [-0.15, -0.1) is 0 Å². The number of aromatic nitrogens is 1. The van der Waals surface area contributed by atoms with Gasteiger partial charge >= 0.3 is 0 Å². The van der Waals surface area contributed by atoms with Gasteiger partial charge in [-0.25, -0.2) is 13.1 Å². The third kappa shape index (κ3) is 5.06. The first-order valence-electron chi connectivity index (χ1n) is 8.16. The van der Waals surface area contributed by atoms with Crippen molar-refractivity contribution >= 4 is 15.9 Å². The fourth-order valence-corrected chi connectivity index (χ4v) is 3.92. The molecule has 0 fully saturated rings. The van der Waals surface area contributed by atoms with E-state index in [-0.39, 0.29) is 35.2 Å². The summed E-state index contributed by atoms with van der Waals surface area (Å²) >= 11 is 0. The summed E-state index contributed by atoms with van der Waals surface area (Å²) in [6.45, 7) is 3.51. The molecular weight excluding hydrogens is 358 g/mol. The highest BCUT2D eigenvalue weighted by Crippen LogP contribution is 2.18. The number of para-hydroxylation sites is 1. The van der Waals surface area contributed by atoms with Crippen molar-refractivity contribution in [2.45, 2.75) is 31.6 Å². The van der Waals surface area contributed by atoms with Crippen molar-refractivity contribution in [1.29, 1.82) is 0 Å². The number of hydrogen-bond acceptors (Lipinski definition) is 6. The molecule has 0 saturated heterocycles. The molecular formula is C17H23N3O5S. The summed E-state index contributed by atoms with van der Waals surface area (Å²) in [5, 5.41) is 6.39. The highest BCUT2D eigenvalue weighted by atomic mass is 32.2. The van der Waals surface area contributed by atoms with Crippen LogP contribution in [0.1, 0.15) is 23.4 Å². The number of nitrogens with zero attached hydrogens (tertiary/aromatic N) is 1. The third-order valence-corrected chi connectivity index (χ3v) is 5.49. The average Bonchev–Trinajstić information content (AvgIpc) is 2.94. The molecule has 0 aliphatic carbocycles. The smallest absolute Gasteiger partial charge is 0.245 e. The molecule has 8 nitrogen and oxygen atoms in total. The van der Waals surface area contributed by atoms with Crippen LogP contribution in [0.25, 0.3) is 0 Å². The standard InChI is InChI=1S/C17H23N3O5S/c1-12-17(13(2)25-20-12)26(22,23)19-11-9-16(21)18-10-8-14-6-4-5-7-15(14)24-3/h4-7,19H,8-11H2,1-3H3,(H,18,21). The third-order valence-electron chi connectivity index (χ3n) is 3.79. The van der Waals surface area contributed by atoms with Gasteiger partial charge in [-0.05, 0) is 31.9 Å². The molecule has 0 atom stereocenters. The summed E-state index contributed by atoms with van der Waals surface area (Å²) in [6, 6.07) is 7.58. The lowest BCUT2D eigenvalue weighted by molar-refractivity contribution is -0.120. The van der Waals surface area contributed by atoms with Gasteiger partial charge < -0.3 is 14.6 Å². The van der Waals surface area contributed by atoms with Crippen LogP contribution in [0.15, 0.2) is 33.7 Å². The van der Waals surface area contributed by atoms with E-state index >= 15 is 0 Å². The number of amides is 1. The van der Waals surface area contributed by atoms with E-state index in [9.17, 15) is 13.2 Å². The van der Waals surface area contributed by atoms with Crippen molar-refractivity contribution in [1.82, 2.24) is 15.2 Å². The first-order valence-corrected chi connectivity index (χ1v) is 9.64. The fourth-order valence-electron chi connectivity index (χ4n) is 2.56. The maximum Gasteiger partial charge on any atom is 0.245 e. The zero-order chi connectivity index (χ0) is 19.2. The molecule has 2 rings (SSSR count). The number of methoxy groups -OCH3 is 1. The number of hydrogen-bond donors (Lipinski definition) is 2. The van der Waals surface area contributed by atoms with Gasteiger partial charge in [0.25, 0.3) is 0 Å². The highest BCUT2D eigenvalue weighted by Gasteiger charge is 2.23. The number of nitrogens with one attached hydrogen (secondary N) is 2. The second-order valence-electron chi connectivity index (χ2n) is 5.71. The quantitative estimate of drug-likeness (QED) is 0.678. The molecule has 2 N–H and O–H groups in total. The Morgan fingerprint density at radius 1 is 1.23 bits per heavy atom. The predicted molar refractivity (Wildman–Crippen MR) is 95.5 cm³/mol. The maximum absolute atomic E-state index is 12.2. The molecule has 1 heterocycles. The summed E-state index contributed by atoms with van der Waals surface area (Å²) in [5.41, 5.74) is 1.28. The van der Waals surface area contributed by atoms with Gasteiger partial charge in [0.05, 0.1) is 7.11 Å². The molecule has 0 unspecified atom stereocenters. The van der Waals surface area contributed by atoms with Crippen LogP contribution in [-0.2, 0) is 21.2 Å². The van der Waals surface area contributed by atoms with Gasteiger partial charge in [0.2, 0.25) is 15.9 Å². The van der Waals surface area contributed by atoms with Gasteiger partial charge in [-0.1, -0.05) is 23.4 Å². The van der Waals surface area contributed by atoms with Gasteiger partial charge in [0, 0.05) is 19.5 Å². The van der Waals surface area contributed by atoms with E-state index in [1.54, 1.807) is 14.0 Å². The Hall–Kier alpha value is -2.39. The molecule has 0 saturated carbocycles. The van der Waals surface area contributed by atoms with Crippen LogP contribution in [0.5, 0.6) is 5.75 Å². The molecule has 0 radical (unpaired) electrons. The van der Waals surface area contributed by atoms with E-state index in [0.29, 0.717) is 13.0 Å². The highest BCUT2D eigenvalue weighted by molar-refractivity contribution is 7.89. The van der Waals surface area contributed by atoms with E-state index < -0.39 is 10.0 Å². The van der Waals surface area contributed by atoms with Crippen LogP contribution in [0.4, 0.5) is 0 Å². The normalized spacial score (nSPS) is 11.3. The summed E-state index contributed by atoms with van der Waals surface area (Å²) in [5.74, 6) is 0.756. The van der Waals surface area contributed by atoms with E-state index in [2.05, 4.69) is 15.2 Å². The number of aryl methyl sites for hydroxylation is 2. The lowest BCUT2D eigenvalue weighted by Gasteiger charge is -2.09. The number of ether oxygens (including phenoxy) is 1. The van der Waals surface area contributed by atoms with Crippen LogP contribution >= 0.6 is 0 Å². The van der Waals surface area contributed by atoms with Gasteiger partial charge in [0.15, 0.2) is 5.76 Å². The fraction of sp³-hybridized carbons (Fsp3) is 0.412. The minimum Gasteiger partial charge on any atom is -0.496 e. The van der Waals surface area contributed by atoms with Gasteiger partial charge in [-0.2, -0.15) is 0 Å². The number of benzene rings is 1. The summed E-state index contributed by atoms with van der Waals surface area (Å²) < 4.78 is 37.0. The number of sulfonamides is 1. The molecule has 9 heteroatoms. The van der Waals surface area contributed by atoms with Crippen molar-refractivity contribution in [2.75, 3.05) is 20.2 Å². The van der Waals surface area contributed by atoms with E-state index in [0.717, 1.165) is 11.3 Å². The predicted octanol–water partition coefficient (Wildman–Crippen LogP) is 1.33. The summed E-state index contributed by atoms with van der Waals surface area (Å²) in [7, 11) is -2.15. The first-order chi connectivity index (χ1) is 12.3. The van der Waals surface area contributed by atoms with Crippen LogP contribution in [-0.4, -0.2) is 39.7 Å². The Bertz CT molecular complexity index is 842. The molecule has 2 aromatic rings. The SMILES string of the molecule is COc1ccccc1CCNC(=O)CCNS(=O)(=O)c1c(C)noc1C. The Balaban J connectivity index is 1.77. The molecule has 0 spiro atoms. The van der Waals surface area contributed by atoms with Crippen molar-refractivity contribution in [3.05, 3.63) is 41.3 Å². The molecule has 1 aromatic heterocycles. The number of carbonyl (C=O) groups excluding carboxylic acids is 1.